The fourth-order valence-electron chi connectivity index (χ4n) is 8.54. The van der Waals surface area contributed by atoms with Gasteiger partial charge >= 0.3 is 0 Å². The Morgan fingerprint density at radius 3 is 2.47 bits per heavy atom. The van der Waals surface area contributed by atoms with E-state index >= 15 is 0 Å². The minimum Gasteiger partial charge on any atom is -0.393 e. The number of hydrogen-bond acceptors (Lipinski definition) is 4. The van der Waals surface area contributed by atoms with Crippen molar-refractivity contribution in [3.8, 4) is 0 Å². The Bertz CT molecular complexity index is 943. The van der Waals surface area contributed by atoms with Gasteiger partial charge in [0.2, 0.25) is 0 Å². The topological polar surface area (TPSA) is 71.4 Å². The third-order valence-electron chi connectivity index (χ3n) is 11.0. The molecule has 4 nitrogen and oxygen atoms in total. The first-order valence-electron chi connectivity index (χ1n) is 13.5. The van der Waals surface area contributed by atoms with Crippen LogP contribution in [0.15, 0.2) is 23.3 Å². The smallest absolute Gasteiger partial charge is 0.160 e. The first-order valence-corrected chi connectivity index (χ1v) is 13.5. The Balaban J connectivity index is 1.61. The van der Waals surface area contributed by atoms with Gasteiger partial charge in [0.05, 0.1) is 6.10 Å². The number of carbonyl (C=O) groups is 3. The summed E-state index contributed by atoms with van der Waals surface area (Å²) in [7, 11) is 0. The van der Waals surface area contributed by atoms with E-state index in [2.05, 4.69) is 34.3 Å². The monoisotopic (exact) mass is 468 g/mol. The van der Waals surface area contributed by atoms with Crippen LogP contribution in [0, 0.1) is 46.3 Å². The molecule has 0 amide bonds. The highest BCUT2D eigenvalue weighted by molar-refractivity contribution is 6.10. The van der Waals surface area contributed by atoms with Gasteiger partial charge in [-0.3, -0.25) is 14.4 Å². The van der Waals surface area contributed by atoms with Gasteiger partial charge in [-0.1, -0.05) is 46.8 Å². The second-order valence-corrected chi connectivity index (χ2v) is 12.8. The van der Waals surface area contributed by atoms with E-state index in [4.69, 9.17) is 0 Å². The molecule has 0 aromatic rings. The number of fused-ring (bicyclic) bond motifs is 4. The standard InChI is InChI=1S/C30H44O4/c1-16(18(3)20(5)31)8-9-17(2)21-10-11-22-27-25(33)14-23-19(4)24(32)12-13-29(23,6)28(27)26(34)15-30(21,22)7/h17-19,21-24,32H,1,8-15H2,2-7H3. The predicted molar refractivity (Wildman–Crippen MR) is 134 cm³/mol. The molecule has 4 rings (SSSR count). The molecule has 9 unspecified atom stereocenters. The molecule has 0 aliphatic heterocycles. The van der Waals surface area contributed by atoms with Crippen LogP contribution in [0.2, 0.25) is 0 Å². The van der Waals surface area contributed by atoms with Crippen molar-refractivity contribution in [2.45, 2.75) is 99.0 Å². The van der Waals surface area contributed by atoms with Gasteiger partial charge in [-0.25, -0.2) is 0 Å². The average Bonchev–Trinajstić information content (AvgIpc) is 3.11. The summed E-state index contributed by atoms with van der Waals surface area (Å²) in [6.07, 6.45) is 5.94. The second-order valence-electron chi connectivity index (χ2n) is 12.8. The lowest BCUT2D eigenvalue weighted by molar-refractivity contribution is -0.132. The van der Waals surface area contributed by atoms with E-state index in [-0.39, 0.29) is 58.0 Å². The van der Waals surface area contributed by atoms with Crippen LogP contribution >= 0.6 is 0 Å². The summed E-state index contributed by atoms with van der Waals surface area (Å²) in [6.45, 7) is 16.5. The molecule has 1 N–H and O–H groups in total. The van der Waals surface area contributed by atoms with Crippen LogP contribution in [-0.2, 0) is 14.4 Å². The van der Waals surface area contributed by atoms with Gasteiger partial charge in [0.15, 0.2) is 11.6 Å². The van der Waals surface area contributed by atoms with Crippen molar-refractivity contribution in [2.24, 2.45) is 46.3 Å². The molecule has 0 bridgehead atoms. The molecule has 2 fully saturated rings. The van der Waals surface area contributed by atoms with Crippen LogP contribution in [-0.4, -0.2) is 28.6 Å². The summed E-state index contributed by atoms with van der Waals surface area (Å²) in [5.74, 6) is 1.48. The number of aliphatic hydroxyl groups excluding tert-OH is 1. The van der Waals surface area contributed by atoms with Gasteiger partial charge < -0.3 is 5.11 Å². The molecule has 0 aromatic heterocycles. The van der Waals surface area contributed by atoms with Crippen molar-refractivity contribution >= 4 is 17.3 Å². The molecule has 0 radical (unpaired) electrons. The SMILES string of the molecule is C=C(CCC(C)C1CCC2C3=C(C(=O)CC21C)C1(C)CCC(O)C(C)C1CC3=O)C(C)C(C)=O. The first kappa shape index (κ1) is 25.5. The van der Waals surface area contributed by atoms with Crippen LogP contribution in [0.3, 0.4) is 0 Å². The van der Waals surface area contributed by atoms with Crippen LogP contribution in [0.4, 0.5) is 0 Å². The Hall–Kier alpha value is -1.55. The molecule has 0 heterocycles. The minimum absolute atomic E-state index is 0.0414. The maximum atomic E-state index is 13.8. The van der Waals surface area contributed by atoms with Crippen LogP contribution in [0.1, 0.15) is 92.9 Å². The maximum absolute atomic E-state index is 13.8. The zero-order valence-electron chi connectivity index (χ0n) is 22.1. The summed E-state index contributed by atoms with van der Waals surface area (Å²) in [5, 5.41) is 10.5. The third kappa shape index (κ3) is 3.79. The molecule has 0 saturated heterocycles. The van der Waals surface area contributed by atoms with Crippen LogP contribution in [0.25, 0.3) is 0 Å². The van der Waals surface area contributed by atoms with Crippen molar-refractivity contribution in [1.82, 2.24) is 0 Å². The number of hydrogen-bond donors (Lipinski definition) is 1. The lowest BCUT2D eigenvalue weighted by Crippen LogP contribution is -2.53. The maximum Gasteiger partial charge on any atom is 0.160 e. The van der Waals surface area contributed by atoms with E-state index in [9.17, 15) is 19.5 Å². The normalized spacial score (nSPS) is 41.4. The number of allylic oxidation sites excluding steroid dienone is 3. The Morgan fingerprint density at radius 1 is 1.15 bits per heavy atom. The van der Waals surface area contributed by atoms with E-state index in [0.717, 1.165) is 48.8 Å². The van der Waals surface area contributed by atoms with Gasteiger partial charge in [-0.15, -0.1) is 0 Å². The number of aliphatic hydroxyl groups is 1. The zero-order valence-corrected chi connectivity index (χ0v) is 22.1. The average molecular weight is 469 g/mol. The number of Topliss-reactive ketones (excluding diaryl/α,β-unsaturated/α-hetero) is 3. The second kappa shape index (κ2) is 8.84. The Morgan fingerprint density at radius 2 is 1.82 bits per heavy atom. The van der Waals surface area contributed by atoms with Gasteiger partial charge in [0.25, 0.3) is 0 Å². The molecule has 9 atom stereocenters. The van der Waals surface area contributed by atoms with Gasteiger partial charge in [-0.2, -0.15) is 0 Å². The number of rotatable bonds is 6. The quantitative estimate of drug-likeness (QED) is 0.495. The first-order chi connectivity index (χ1) is 15.8. The molecular weight excluding hydrogens is 424 g/mol. The van der Waals surface area contributed by atoms with E-state index in [1.54, 1.807) is 6.92 Å². The highest BCUT2D eigenvalue weighted by atomic mass is 16.3. The molecule has 34 heavy (non-hydrogen) atoms. The van der Waals surface area contributed by atoms with E-state index in [0.29, 0.717) is 31.1 Å². The summed E-state index contributed by atoms with van der Waals surface area (Å²) >= 11 is 0. The predicted octanol–water partition coefficient (Wildman–Crippen LogP) is 5.87. The summed E-state index contributed by atoms with van der Waals surface area (Å²) in [5.41, 5.74) is 2.24. The highest BCUT2D eigenvalue weighted by Gasteiger charge is 2.61. The molecule has 4 aliphatic carbocycles. The summed E-state index contributed by atoms with van der Waals surface area (Å²) < 4.78 is 0. The van der Waals surface area contributed by atoms with Crippen molar-refractivity contribution in [3.63, 3.8) is 0 Å². The highest BCUT2D eigenvalue weighted by Crippen LogP contribution is 2.65. The number of ketones is 3. The van der Waals surface area contributed by atoms with Crippen molar-refractivity contribution in [1.29, 1.82) is 0 Å². The third-order valence-corrected chi connectivity index (χ3v) is 11.0. The Labute approximate surface area is 205 Å². The van der Waals surface area contributed by atoms with Crippen LogP contribution in [0.5, 0.6) is 0 Å². The molecule has 0 spiro atoms. The van der Waals surface area contributed by atoms with Gasteiger partial charge in [-0.05, 0) is 80.5 Å². The molecule has 188 valence electrons. The largest absolute Gasteiger partial charge is 0.393 e. The zero-order chi connectivity index (χ0) is 25.2. The Kier molecular flexibility index (Phi) is 6.64. The van der Waals surface area contributed by atoms with E-state index in [1.807, 2.05) is 6.92 Å². The molecule has 2 saturated carbocycles. The lowest BCUT2D eigenvalue weighted by atomic mass is 9.48. The summed E-state index contributed by atoms with van der Waals surface area (Å²) in [6, 6.07) is 0. The van der Waals surface area contributed by atoms with Gasteiger partial charge in [0.1, 0.15) is 5.78 Å². The van der Waals surface area contributed by atoms with Crippen molar-refractivity contribution < 1.29 is 19.5 Å². The molecular formula is C30H44O4. The van der Waals surface area contributed by atoms with Crippen molar-refractivity contribution in [3.05, 3.63) is 23.3 Å². The molecule has 0 aromatic carbocycles. The minimum atomic E-state index is -0.380. The number of carbonyl (C=O) groups excluding carboxylic acids is 3. The fourth-order valence-corrected chi connectivity index (χ4v) is 8.54. The van der Waals surface area contributed by atoms with Crippen LogP contribution < -0.4 is 0 Å². The molecule has 4 heteroatoms. The fraction of sp³-hybridized carbons (Fsp3) is 0.767. The molecule has 4 aliphatic rings. The van der Waals surface area contributed by atoms with E-state index < -0.39 is 0 Å². The summed E-state index contributed by atoms with van der Waals surface area (Å²) in [4.78, 5) is 39.2. The van der Waals surface area contributed by atoms with Gasteiger partial charge in [0, 0.05) is 35.3 Å². The van der Waals surface area contributed by atoms with E-state index in [1.165, 1.54) is 0 Å². The lowest BCUT2D eigenvalue weighted by Gasteiger charge is -2.55. The van der Waals surface area contributed by atoms with Crippen molar-refractivity contribution in [2.75, 3.05) is 0 Å².